The van der Waals surface area contributed by atoms with Crippen molar-refractivity contribution in [3.8, 4) is 6.07 Å². The largest absolute Gasteiger partial charge is 0.334 e. The predicted octanol–water partition coefficient (Wildman–Crippen LogP) is 4.37. The highest BCUT2D eigenvalue weighted by atomic mass is 35.5. The molecule has 0 aliphatic rings. The first-order valence-electron chi connectivity index (χ1n) is 7.68. The van der Waals surface area contributed by atoms with Gasteiger partial charge < -0.3 is 10.6 Å². The molecule has 0 spiro atoms. The molecule has 0 unspecified atom stereocenters. The number of carbonyl (C=O) groups excluding carboxylic acids is 1. The van der Waals surface area contributed by atoms with Crippen LogP contribution in [-0.2, 0) is 5.41 Å². The van der Waals surface area contributed by atoms with Crippen LogP contribution in [0.4, 0.5) is 10.5 Å². The van der Waals surface area contributed by atoms with Gasteiger partial charge in [0, 0.05) is 23.5 Å². The van der Waals surface area contributed by atoms with Crippen LogP contribution in [0.1, 0.15) is 25.1 Å². The van der Waals surface area contributed by atoms with Gasteiger partial charge in [-0.2, -0.15) is 5.26 Å². The lowest BCUT2D eigenvalue weighted by Crippen LogP contribution is -2.30. The number of nitrogens with one attached hydrogen (secondary N) is 2. The summed E-state index contributed by atoms with van der Waals surface area (Å²) in [4.78, 5) is 16.2. The summed E-state index contributed by atoms with van der Waals surface area (Å²) < 4.78 is 0. The molecule has 0 saturated carbocycles. The lowest BCUT2D eigenvalue weighted by molar-refractivity contribution is 0.253. The average Bonchev–Trinajstić information content (AvgIpc) is 2.60. The Morgan fingerprint density at radius 3 is 2.60 bits per heavy atom. The van der Waals surface area contributed by atoms with Gasteiger partial charge in [-0.25, -0.2) is 4.79 Å². The zero-order valence-corrected chi connectivity index (χ0v) is 14.9. The number of carbonyl (C=O) groups is 1. The number of anilines is 1. The molecule has 128 valence electrons. The van der Waals surface area contributed by atoms with Gasteiger partial charge in [0.2, 0.25) is 0 Å². The molecular weight excluding hydrogens is 336 g/mol. The summed E-state index contributed by atoms with van der Waals surface area (Å²) in [5.41, 5.74) is 2.25. The molecule has 1 aromatic heterocycles. The zero-order chi connectivity index (χ0) is 18.4. The maximum Gasteiger partial charge on any atom is 0.319 e. The molecule has 0 atom stereocenters. The monoisotopic (exact) mass is 354 g/mol. The van der Waals surface area contributed by atoms with Gasteiger partial charge in [0.25, 0.3) is 0 Å². The van der Waals surface area contributed by atoms with E-state index in [1.54, 1.807) is 30.5 Å². The van der Waals surface area contributed by atoms with E-state index in [1.807, 2.05) is 26.0 Å². The number of nitriles is 1. The zero-order valence-electron chi connectivity index (χ0n) is 14.1. The molecule has 0 radical (unpaired) electrons. The van der Waals surface area contributed by atoms with Gasteiger partial charge in [-0.3, -0.25) is 4.98 Å². The number of pyridine rings is 1. The normalized spacial score (nSPS) is 10.6. The highest BCUT2D eigenvalue weighted by Gasteiger charge is 2.19. The summed E-state index contributed by atoms with van der Waals surface area (Å²) in [5.74, 6) is 0. The number of nitrogens with zero attached hydrogens (tertiary/aromatic N) is 2. The molecule has 0 bridgehead atoms. The van der Waals surface area contributed by atoms with Crippen molar-refractivity contribution in [1.29, 1.82) is 5.26 Å². The number of halogens is 1. The van der Waals surface area contributed by atoms with Crippen LogP contribution in [0.3, 0.4) is 0 Å². The Morgan fingerprint density at radius 1 is 1.32 bits per heavy atom. The van der Waals surface area contributed by atoms with Gasteiger partial charge in [0.15, 0.2) is 0 Å². The molecule has 1 heterocycles. The van der Waals surface area contributed by atoms with Gasteiger partial charge in [-0.1, -0.05) is 30.3 Å². The molecule has 1 aromatic carbocycles. The fourth-order valence-corrected chi connectivity index (χ4v) is 2.25. The average molecular weight is 355 g/mol. The predicted molar refractivity (Wildman–Crippen MR) is 100 cm³/mol. The second kappa shape index (κ2) is 7.82. The highest BCUT2D eigenvalue weighted by molar-refractivity contribution is 6.30. The molecule has 2 amide bonds. The molecule has 0 fully saturated rings. The van der Waals surface area contributed by atoms with Crippen LogP contribution >= 0.6 is 11.6 Å². The minimum atomic E-state index is -0.567. The van der Waals surface area contributed by atoms with Crippen molar-refractivity contribution in [3.05, 3.63) is 65.5 Å². The van der Waals surface area contributed by atoms with E-state index in [0.29, 0.717) is 22.0 Å². The Kier molecular flexibility index (Phi) is 5.79. The lowest BCUT2D eigenvalue weighted by atomic mass is 9.86. The van der Waals surface area contributed by atoms with Crippen LogP contribution in [0.2, 0.25) is 5.02 Å². The third kappa shape index (κ3) is 5.07. The number of hydrogen-bond donors (Lipinski definition) is 2. The smallest absolute Gasteiger partial charge is 0.319 e. The molecule has 0 aliphatic carbocycles. The Hall–Kier alpha value is -2.84. The molecule has 25 heavy (non-hydrogen) atoms. The number of amides is 2. The summed E-state index contributed by atoms with van der Waals surface area (Å²) in [5, 5.41) is 15.2. The minimum Gasteiger partial charge on any atom is -0.334 e. The van der Waals surface area contributed by atoms with Crippen LogP contribution in [0.5, 0.6) is 0 Å². The third-order valence-corrected chi connectivity index (χ3v) is 3.93. The van der Waals surface area contributed by atoms with Crippen LogP contribution in [0, 0.1) is 11.3 Å². The van der Waals surface area contributed by atoms with E-state index < -0.39 is 5.41 Å². The first-order chi connectivity index (χ1) is 11.8. The van der Waals surface area contributed by atoms with E-state index in [1.165, 1.54) is 0 Å². The second-order valence-electron chi connectivity index (χ2n) is 6.08. The molecule has 6 heteroatoms. The molecule has 0 saturated heterocycles. The maximum atomic E-state index is 12.0. The molecule has 2 aromatic rings. The quantitative estimate of drug-likeness (QED) is 0.836. The van der Waals surface area contributed by atoms with Crippen molar-refractivity contribution < 1.29 is 4.79 Å². The Morgan fingerprint density at radius 2 is 2.00 bits per heavy atom. The van der Waals surface area contributed by atoms with E-state index in [9.17, 15) is 4.79 Å². The molecule has 5 nitrogen and oxygen atoms in total. The molecular formula is C19H19ClN4O. The van der Waals surface area contributed by atoms with E-state index >= 15 is 0 Å². The maximum absolute atomic E-state index is 12.0. The molecule has 2 rings (SSSR count). The number of urea groups is 1. The Bertz CT molecular complexity index is 822. The van der Waals surface area contributed by atoms with E-state index in [0.717, 1.165) is 5.56 Å². The van der Waals surface area contributed by atoms with Crippen LogP contribution < -0.4 is 10.6 Å². The van der Waals surface area contributed by atoms with E-state index in [4.69, 9.17) is 16.9 Å². The van der Waals surface area contributed by atoms with E-state index in [2.05, 4.69) is 28.3 Å². The first-order valence-corrected chi connectivity index (χ1v) is 8.06. The second-order valence-corrected chi connectivity index (χ2v) is 6.52. The fraction of sp³-hybridized carbons (Fsp3) is 0.211. The standard InChI is InChI=1S/C19H19ClN4O/c1-13(17-10-15(20)8-9-22-17)11-23-18(25)24-16-6-4-14(5-7-16)19(2,3)12-21/h4-10H,1,11H2,2-3H3,(H2,23,24,25). The van der Waals surface area contributed by atoms with Gasteiger partial charge in [0.1, 0.15) is 0 Å². The van der Waals surface area contributed by atoms with Gasteiger partial charge in [0.05, 0.1) is 17.2 Å². The fourth-order valence-electron chi connectivity index (χ4n) is 2.09. The first kappa shape index (κ1) is 18.5. The Labute approximate surface area is 152 Å². The number of aromatic nitrogens is 1. The van der Waals surface area contributed by atoms with Crippen molar-refractivity contribution >= 4 is 28.9 Å². The summed E-state index contributed by atoms with van der Waals surface area (Å²) in [6.45, 7) is 7.84. The summed E-state index contributed by atoms with van der Waals surface area (Å²) >= 11 is 5.91. The minimum absolute atomic E-state index is 0.249. The molecule has 0 aliphatic heterocycles. The van der Waals surface area contributed by atoms with Crippen LogP contribution in [-0.4, -0.2) is 17.6 Å². The SMILES string of the molecule is C=C(CNC(=O)Nc1ccc(C(C)(C)C#N)cc1)c1cc(Cl)ccn1. The number of hydrogen-bond acceptors (Lipinski definition) is 3. The lowest BCUT2D eigenvalue weighted by Gasteiger charge is -2.16. The molecule has 2 N–H and O–H groups in total. The van der Waals surface area contributed by atoms with Gasteiger partial charge in [-0.05, 0) is 49.2 Å². The summed E-state index contributed by atoms with van der Waals surface area (Å²) in [7, 11) is 0. The summed E-state index contributed by atoms with van der Waals surface area (Å²) in [6, 6.07) is 12.4. The number of rotatable bonds is 5. The van der Waals surface area contributed by atoms with Crippen molar-refractivity contribution in [2.45, 2.75) is 19.3 Å². The van der Waals surface area contributed by atoms with Crippen molar-refractivity contribution in [2.75, 3.05) is 11.9 Å². The van der Waals surface area contributed by atoms with Gasteiger partial charge in [-0.15, -0.1) is 0 Å². The van der Waals surface area contributed by atoms with Crippen molar-refractivity contribution in [3.63, 3.8) is 0 Å². The highest BCUT2D eigenvalue weighted by Crippen LogP contribution is 2.23. The third-order valence-electron chi connectivity index (χ3n) is 3.69. The van der Waals surface area contributed by atoms with Crippen molar-refractivity contribution in [1.82, 2.24) is 10.3 Å². The van der Waals surface area contributed by atoms with Crippen LogP contribution in [0.25, 0.3) is 5.57 Å². The van der Waals surface area contributed by atoms with Gasteiger partial charge >= 0.3 is 6.03 Å². The topological polar surface area (TPSA) is 77.8 Å². The number of benzene rings is 1. The van der Waals surface area contributed by atoms with E-state index in [-0.39, 0.29) is 12.6 Å². The van der Waals surface area contributed by atoms with Crippen molar-refractivity contribution in [2.24, 2.45) is 0 Å². The Balaban J connectivity index is 1.90. The van der Waals surface area contributed by atoms with Crippen LogP contribution in [0.15, 0.2) is 49.2 Å². The summed E-state index contributed by atoms with van der Waals surface area (Å²) in [6.07, 6.45) is 1.59.